The quantitative estimate of drug-likeness (QED) is 0.750. The Bertz CT molecular complexity index is 875. The SMILES string of the molecule is CCc1nnsc1C(=O)Nc1nc(-c2c(C)cc(C)cc2C)cs1. The molecule has 1 aromatic carbocycles. The molecule has 1 N–H and O–H groups in total. The van der Waals surface area contributed by atoms with Crippen LogP contribution in [-0.2, 0) is 6.42 Å². The fourth-order valence-electron chi connectivity index (χ4n) is 2.80. The molecule has 124 valence electrons. The first-order valence-corrected chi connectivity index (χ1v) is 9.31. The summed E-state index contributed by atoms with van der Waals surface area (Å²) in [6, 6.07) is 4.30. The van der Waals surface area contributed by atoms with Crippen molar-refractivity contribution in [2.24, 2.45) is 0 Å². The van der Waals surface area contributed by atoms with Crippen LogP contribution in [0.25, 0.3) is 11.3 Å². The van der Waals surface area contributed by atoms with Crippen molar-refractivity contribution < 1.29 is 4.79 Å². The van der Waals surface area contributed by atoms with Gasteiger partial charge in [0.05, 0.1) is 11.4 Å². The Kier molecular flexibility index (Phi) is 4.73. The minimum atomic E-state index is -0.194. The van der Waals surface area contributed by atoms with Crippen LogP contribution in [0.2, 0.25) is 0 Å². The summed E-state index contributed by atoms with van der Waals surface area (Å²) in [7, 11) is 0. The Morgan fingerprint density at radius 2 is 1.92 bits per heavy atom. The van der Waals surface area contributed by atoms with Gasteiger partial charge in [-0.2, -0.15) is 0 Å². The zero-order chi connectivity index (χ0) is 17.3. The number of aryl methyl sites for hydroxylation is 4. The van der Waals surface area contributed by atoms with E-state index in [9.17, 15) is 4.79 Å². The van der Waals surface area contributed by atoms with Crippen LogP contribution in [-0.4, -0.2) is 20.5 Å². The summed E-state index contributed by atoms with van der Waals surface area (Å²) < 4.78 is 3.85. The number of benzene rings is 1. The molecule has 7 heteroatoms. The molecule has 5 nitrogen and oxygen atoms in total. The summed E-state index contributed by atoms with van der Waals surface area (Å²) in [5, 5.41) is 9.40. The van der Waals surface area contributed by atoms with E-state index in [-0.39, 0.29) is 5.91 Å². The third kappa shape index (κ3) is 3.22. The molecule has 3 rings (SSSR count). The molecule has 3 aromatic rings. The van der Waals surface area contributed by atoms with Crippen LogP contribution in [0, 0.1) is 20.8 Å². The maximum absolute atomic E-state index is 12.4. The van der Waals surface area contributed by atoms with Gasteiger partial charge in [0.1, 0.15) is 4.88 Å². The van der Waals surface area contributed by atoms with Gasteiger partial charge in [-0.05, 0) is 49.9 Å². The Hall–Kier alpha value is -2.12. The zero-order valence-corrected chi connectivity index (χ0v) is 15.6. The summed E-state index contributed by atoms with van der Waals surface area (Å²) in [6.07, 6.45) is 0.685. The summed E-state index contributed by atoms with van der Waals surface area (Å²) >= 11 is 2.54. The summed E-state index contributed by atoms with van der Waals surface area (Å²) in [6.45, 7) is 8.22. The molecule has 0 fully saturated rings. The third-order valence-electron chi connectivity index (χ3n) is 3.75. The van der Waals surface area contributed by atoms with Crippen LogP contribution in [0.3, 0.4) is 0 Å². The maximum atomic E-state index is 12.4. The Balaban J connectivity index is 1.85. The van der Waals surface area contributed by atoms with Crippen molar-refractivity contribution in [3.63, 3.8) is 0 Å². The second-order valence-corrected chi connectivity index (χ2v) is 7.28. The molecule has 0 atom stereocenters. The van der Waals surface area contributed by atoms with Crippen molar-refractivity contribution in [1.82, 2.24) is 14.6 Å². The van der Waals surface area contributed by atoms with Crippen molar-refractivity contribution in [2.75, 3.05) is 5.32 Å². The van der Waals surface area contributed by atoms with Crippen molar-refractivity contribution in [3.05, 3.63) is 44.8 Å². The molecule has 0 aliphatic heterocycles. The lowest BCUT2D eigenvalue weighted by molar-refractivity contribution is 0.102. The van der Waals surface area contributed by atoms with Crippen molar-refractivity contribution in [1.29, 1.82) is 0 Å². The predicted octanol–water partition coefficient (Wildman–Crippen LogP) is 4.40. The molecule has 24 heavy (non-hydrogen) atoms. The molecule has 2 heterocycles. The molecule has 2 aromatic heterocycles. The van der Waals surface area contributed by atoms with Crippen LogP contribution in [0.1, 0.15) is 39.0 Å². The lowest BCUT2D eigenvalue weighted by Gasteiger charge is -2.08. The number of carbonyl (C=O) groups excluding carboxylic acids is 1. The molecular weight excluding hydrogens is 340 g/mol. The molecule has 0 unspecified atom stereocenters. The van der Waals surface area contributed by atoms with Crippen molar-refractivity contribution in [3.8, 4) is 11.3 Å². The van der Waals surface area contributed by atoms with Crippen LogP contribution < -0.4 is 5.32 Å². The minimum absolute atomic E-state index is 0.194. The van der Waals surface area contributed by atoms with Gasteiger partial charge in [0, 0.05) is 10.9 Å². The van der Waals surface area contributed by atoms with E-state index >= 15 is 0 Å². The van der Waals surface area contributed by atoms with Gasteiger partial charge >= 0.3 is 0 Å². The van der Waals surface area contributed by atoms with Gasteiger partial charge in [0.15, 0.2) is 5.13 Å². The molecule has 0 aliphatic carbocycles. The number of thiazole rings is 1. The standard InChI is InChI=1S/C17H18N4OS2/c1-5-12-15(24-21-20-12)16(22)19-17-18-13(8-23-17)14-10(3)6-9(2)7-11(14)4/h6-8H,5H2,1-4H3,(H,18,19,22). The lowest BCUT2D eigenvalue weighted by Crippen LogP contribution is -2.12. The van der Waals surface area contributed by atoms with Crippen LogP contribution in [0.15, 0.2) is 17.5 Å². The number of rotatable bonds is 4. The monoisotopic (exact) mass is 358 g/mol. The highest BCUT2D eigenvalue weighted by atomic mass is 32.1. The highest BCUT2D eigenvalue weighted by molar-refractivity contribution is 7.14. The average Bonchev–Trinajstić information content (AvgIpc) is 3.15. The van der Waals surface area contributed by atoms with Gasteiger partial charge in [0.2, 0.25) is 0 Å². The number of aromatic nitrogens is 3. The highest BCUT2D eigenvalue weighted by Gasteiger charge is 2.17. The second-order valence-electron chi connectivity index (χ2n) is 5.67. The van der Waals surface area contributed by atoms with Crippen molar-refractivity contribution in [2.45, 2.75) is 34.1 Å². The van der Waals surface area contributed by atoms with Gasteiger partial charge < -0.3 is 0 Å². The Morgan fingerprint density at radius 3 is 2.58 bits per heavy atom. The molecule has 0 saturated carbocycles. The zero-order valence-electron chi connectivity index (χ0n) is 14.0. The fourth-order valence-corrected chi connectivity index (χ4v) is 4.14. The predicted molar refractivity (Wildman–Crippen MR) is 99.0 cm³/mol. The van der Waals surface area contributed by atoms with Crippen LogP contribution >= 0.6 is 22.9 Å². The van der Waals surface area contributed by atoms with E-state index in [4.69, 9.17) is 0 Å². The molecule has 0 bridgehead atoms. The second kappa shape index (κ2) is 6.78. The number of anilines is 1. The first kappa shape index (κ1) is 16.7. The summed E-state index contributed by atoms with van der Waals surface area (Å²) in [5.41, 5.74) is 6.36. The molecule has 0 saturated heterocycles. The molecular formula is C17H18N4OS2. The minimum Gasteiger partial charge on any atom is -0.297 e. The average molecular weight is 358 g/mol. The number of nitrogens with zero attached hydrogens (tertiary/aromatic N) is 3. The molecule has 0 radical (unpaired) electrons. The van der Waals surface area contributed by atoms with E-state index < -0.39 is 0 Å². The molecule has 0 aliphatic rings. The largest absolute Gasteiger partial charge is 0.297 e. The van der Waals surface area contributed by atoms with E-state index in [0.717, 1.165) is 28.5 Å². The summed E-state index contributed by atoms with van der Waals surface area (Å²) in [5.74, 6) is -0.194. The van der Waals surface area contributed by atoms with Gasteiger partial charge in [-0.1, -0.05) is 29.1 Å². The number of amides is 1. The number of hydrogen-bond donors (Lipinski definition) is 1. The first-order valence-electron chi connectivity index (χ1n) is 7.66. The fraction of sp³-hybridized carbons (Fsp3) is 0.294. The number of hydrogen-bond acceptors (Lipinski definition) is 6. The van der Waals surface area contributed by atoms with E-state index in [1.165, 1.54) is 28.0 Å². The van der Waals surface area contributed by atoms with Crippen LogP contribution in [0.4, 0.5) is 5.13 Å². The van der Waals surface area contributed by atoms with E-state index in [1.54, 1.807) is 0 Å². The topological polar surface area (TPSA) is 67.8 Å². The van der Waals surface area contributed by atoms with E-state index in [0.29, 0.717) is 16.4 Å². The smallest absolute Gasteiger partial charge is 0.271 e. The molecule has 1 amide bonds. The van der Waals surface area contributed by atoms with Crippen LogP contribution in [0.5, 0.6) is 0 Å². The summed E-state index contributed by atoms with van der Waals surface area (Å²) in [4.78, 5) is 17.5. The van der Waals surface area contributed by atoms with Gasteiger partial charge in [0.25, 0.3) is 5.91 Å². The van der Waals surface area contributed by atoms with E-state index in [1.807, 2.05) is 12.3 Å². The van der Waals surface area contributed by atoms with Gasteiger partial charge in [-0.3, -0.25) is 10.1 Å². The van der Waals surface area contributed by atoms with Gasteiger partial charge in [-0.15, -0.1) is 16.4 Å². The maximum Gasteiger partial charge on any atom is 0.271 e. The van der Waals surface area contributed by atoms with E-state index in [2.05, 4.69) is 52.8 Å². The normalized spacial score (nSPS) is 10.8. The molecule has 0 spiro atoms. The first-order chi connectivity index (χ1) is 11.5. The highest BCUT2D eigenvalue weighted by Crippen LogP contribution is 2.31. The third-order valence-corrected chi connectivity index (χ3v) is 5.28. The number of carbonyl (C=O) groups is 1. The van der Waals surface area contributed by atoms with Gasteiger partial charge in [-0.25, -0.2) is 4.98 Å². The Morgan fingerprint density at radius 1 is 1.21 bits per heavy atom. The number of nitrogens with one attached hydrogen (secondary N) is 1. The lowest BCUT2D eigenvalue weighted by atomic mass is 9.98. The Labute approximate surface area is 148 Å². The van der Waals surface area contributed by atoms with Crippen molar-refractivity contribution >= 4 is 33.9 Å².